The number of nitrogens with one attached hydrogen (secondary N) is 1. The van der Waals surface area contributed by atoms with Crippen LogP contribution in [0.3, 0.4) is 0 Å². The molecule has 0 aliphatic carbocycles. The van der Waals surface area contributed by atoms with Crippen molar-refractivity contribution in [1.82, 2.24) is 10.5 Å². The van der Waals surface area contributed by atoms with Gasteiger partial charge in [0.2, 0.25) is 0 Å². The van der Waals surface area contributed by atoms with Gasteiger partial charge in [-0.2, -0.15) is 0 Å². The highest BCUT2D eigenvalue weighted by Crippen LogP contribution is 2.33. The first-order chi connectivity index (χ1) is 14.4. The van der Waals surface area contributed by atoms with Crippen LogP contribution >= 0.6 is 0 Å². The fraction of sp³-hybridized carbons (Fsp3) is 0.391. The number of carbonyl (C=O) groups excluding carboxylic acids is 1. The molecule has 1 amide bonds. The Kier molecular flexibility index (Phi) is 5.63. The Labute approximate surface area is 175 Å². The van der Waals surface area contributed by atoms with E-state index in [0.29, 0.717) is 18.1 Å². The van der Waals surface area contributed by atoms with Crippen LogP contribution in [-0.2, 0) is 11.3 Å². The van der Waals surface area contributed by atoms with Crippen LogP contribution in [0.4, 0.5) is 0 Å². The molecule has 1 aliphatic heterocycles. The molecular formula is C23H26N2O5. The van der Waals surface area contributed by atoms with E-state index in [-0.39, 0.29) is 29.9 Å². The van der Waals surface area contributed by atoms with Crippen LogP contribution in [0.2, 0.25) is 0 Å². The Morgan fingerprint density at radius 2 is 1.93 bits per heavy atom. The minimum Gasteiger partial charge on any atom is -0.496 e. The molecule has 4 rings (SSSR count). The minimum absolute atomic E-state index is 0.0586. The van der Waals surface area contributed by atoms with Gasteiger partial charge in [-0.25, -0.2) is 0 Å². The lowest BCUT2D eigenvalue weighted by Gasteiger charge is -2.35. The zero-order chi connectivity index (χ0) is 21.1. The number of benzene rings is 2. The van der Waals surface area contributed by atoms with E-state index in [1.54, 1.807) is 13.2 Å². The Morgan fingerprint density at radius 3 is 2.67 bits per heavy atom. The summed E-state index contributed by atoms with van der Waals surface area (Å²) in [5.41, 5.74) is 0.0117. The molecule has 0 unspecified atom stereocenters. The quantitative estimate of drug-likeness (QED) is 0.659. The predicted octanol–water partition coefficient (Wildman–Crippen LogP) is 4.10. The van der Waals surface area contributed by atoms with Gasteiger partial charge in [0.25, 0.3) is 5.91 Å². The number of methoxy groups -OCH3 is 1. The van der Waals surface area contributed by atoms with Gasteiger partial charge in [-0.15, -0.1) is 0 Å². The number of ether oxygens (including phenoxy) is 3. The highest BCUT2D eigenvalue weighted by atomic mass is 16.5. The van der Waals surface area contributed by atoms with Gasteiger partial charge in [0.05, 0.1) is 12.7 Å². The molecule has 2 heterocycles. The smallest absolute Gasteiger partial charge is 0.273 e. The SMILES string of the molecule is COc1ccc(OCc2cc(C(=O)N[C@@H]3CCOC(C)(C)C3)no2)c2ccccc12. The van der Waals surface area contributed by atoms with Crippen LogP contribution < -0.4 is 14.8 Å². The molecule has 7 nitrogen and oxygen atoms in total. The normalized spacial score (nSPS) is 18.2. The van der Waals surface area contributed by atoms with E-state index in [1.165, 1.54) is 0 Å². The zero-order valence-corrected chi connectivity index (χ0v) is 17.4. The minimum atomic E-state index is -0.248. The summed E-state index contributed by atoms with van der Waals surface area (Å²) in [5, 5.41) is 8.83. The monoisotopic (exact) mass is 410 g/mol. The second-order valence-corrected chi connectivity index (χ2v) is 8.05. The number of hydrogen-bond donors (Lipinski definition) is 1. The number of rotatable bonds is 6. The van der Waals surface area contributed by atoms with Crippen molar-refractivity contribution >= 4 is 16.7 Å². The molecular weight excluding hydrogens is 384 g/mol. The lowest BCUT2D eigenvalue weighted by Crippen LogP contribution is -2.45. The first-order valence-electron chi connectivity index (χ1n) is 10.0. The number of hydrogen-bond acceptors (Lipinski definition) is 6. The van der Waals surface area contributed by atoms with E-state index in [1.807, 2.05) is 50.2 Å². The van der Waals surface area contributed by atoms with Gasteiger partial charge >= 0.3 is 0 Å². The standard InChI is InChI=1S/C23H26N2O5/c1-23(2)13-15(10-11-29-23)24-22(26)19-12-16(30-25-19)14-28-21-9-8-20(27-3)17-6-4-5-7-18(17)21/h4-9,12,15H,10-11,13-14H2,1-3H3,(H,24,26)/t15-/m1/s1. The fourth-order valence-corrected chi connectivity index (χ4v) is 3.80. The third kappa shape index (κ3) is 4.41. The van der Waals surface area contributed by atoms with Crippen LogP contribution in [-0.4, -0.2) is 36.4 Å². The highest BCUT2D eigenvalue weighted by molar-refractivity contribution is 5.93. The van der Waals surface area contributed by atoms with Gasteiger partial charge in [-0.3, -0.25) is 4.79 Å². The second-order valence-electron chi connectivity index (χ2n) is 8.05. The number of carbonyl (C=O) groups is 1. The third-order valence-electron chi connectivity index (χ3n) is 5.26. The van der Waals surface area contributed by atoms with Crippen LogP contribution in [0.5, 0.6) is 11.5 Å². The first kappa shape index (κ1) is 20.2. The molecule has 0 bridgehead atoms. The van der Waals surface area contributed by atoms with Gasteiger partial charge in [0, 0.05) is 29.5 Å². The average Bonchev–Trinajstić information content (AvgIpc) is 3.20. The van der Waals surface area contributed by atoms with Crippen LogP contribution in [0.25, 0.3) is 10.8 Å². The topological polar surface area (TPSA) is 82.8 Å². The number of amides is 1. The van der Waals surface area contributed by atoms with E-state index >= 15 is 0 Å². The maximum atomic E-state index is 12.5. The average molecular weight is 410 g/mol. The zero-order valence-electron chi connectivity index (χ0n) is 17.4. The Balaban J connectivity index is 1.41. The highest BCUT2D eigenvalue weighted by Gasteiger charge is 2.30. The lowest BCUT2D eigenvalue weighted by atomic mass is 9.94. The van der Waals surface area contributed by atoms with Gasteiger partial charge < -0.3 is 24.1 Å². The van der Waals surface area contributed by atoms with E-state index in [2.05, 4.69) is 10.5 Å². The molecule has 2 aromatic carbocycles. The summed E-state index contributed by atoms with van der Waals surface area (Å²) in [6.07, 6.45) is 1.55. The van der Waals surface area contributed by atoms with Gasteiger partial charge in [0.15, 0.2) is 11.5 Å². The van der Waals surface area contributed by atoms with Crippen LogP contribution in [0.1, 0.15) is 42.9 Å². The number of fused-ring (bicyclic) bond motifs is 1. The largest absolute Gasteiger partial charge is 0.496 e. The molecule has 30 heavy (non-hydrogen) atoms. The Hall–Kier alpha value is -3.06. The third-order valence-corrected chi connectivity index (χ3v) is 5.26. The van der Waals surface area contributed by atoms with E-state index in [9.17, 15) is 4.79 Å². The van der Waals surface area contributed by atoms with E-state index < -0.39 is 0 Å². The molecule has 7 heteroatoms. The van der Waals surface area contributed by atoms with Crippen LogP contribution in [0.15, 0.2) is 47.0 Å². The summed E-state index contributed by atoms with van der Waals surface area (Å²) in [6.45, 7) is 4.85. The van der Waals surface area contributed by atoms with Crippen molar-refractivity contribution in [2.24, 2.45) is 0 Å². The number of aromatic nitrogens is 1. The van der Waals surface area contributed by atoms with Gasteiger partial charge in [-0.1, -0.05) is 29.4 Å². The maximum absolute atomic E-state index is 12.5. The Bertz CT molecular complexity index is 1040. The van der Waals surface area contributed by atoms with Crippen molar-refractivity contribution in [2.75, 3.05) is 13.7 Å². The molecule has 158 valence electrons. The summed E-state index contributed by atoms with van der Waals surface area (Å²) >= 11 is 0. The molecule has 1 aliphatic rings. The van der Waals surface area contributed by atoms with Gasteiger partial charge in [-0.05, 0) is 38.8 Å². The van der Waals surface area contributed by atoms with Crippen molar-refractivity contribution in [3.8, 4) is 11.5 Å². The summed E-state index contributed by atoms with van der Waals surface area (Å²) < 4.78 is 22.4. The van der Waals surface area contributed by atoms with Crippen LogP contribution in [0, 0.1) is 0 Å². The van der Waals surface area contributed by atoms with Crippen molar-refractivity contribution < 1.29 is 23.5 Å². The number of nitrogens with zero attached hydrogens (tertiary/aromatic N) is 1. The molecule has 0 spiro atoms. The summed E-state index contributed by atoms with van der Waals surface area (Å²) in [5.74, 6) is 1.72. The molecule has 0 saturated carbocycles. The maximum Gasteiger partial charge on any atom is 0.273 e. The van der Waals surface area contributed by atoms with Crippen molar-refractivity contribution in [3.63, 3.8) is 0 Å². The molecule has 3 aromatic rings. The predicted molar refractivity (Wildman–Crippen MR) is 112 cm³/mol. The molecule has 1 atom stereocenters. The van der Waals surface area contributed by atoms with Crippen molar-refractivity contribution in [1.29, 1.82) is 0 Å². The molecule has 1 saturated heterocycles. The first-order valence-corrected chi connectivity index (χ1v) is 10.0. The summed E-state index contributed by atoms with van der Waals surface area (Å²) in [4.78, 5) is 12.5. The molecule has 1 N–H and O–H groups in total. The lowest BCUT2D eigenvalue weighted by molar-refractivity contribution is -0.0615. The van der Waals surface area contributed by atoms with Gasteiger partial charge in [0.1, 0.15) is 18.1 Å². The summed E-state index contributed by atoms with van der Waals surface area (Å²) in [7, 11) is 1.64. The molecule has 0 radical (unpaired) electrons. The van der Waals surface area contributed by atoms with Crippen molar-refractivity contribution in [3.05, 3.63) is 53.9 Å². The Morgan fingerprint density at radius 1 is 1.20 bits per heavy atom. The van der Waals surface area contributed by atoms with E-state index in [4.69, 9.17) is 18.7 Å². The molecule has 1 fully saturated rings. The van der Waals surface area contributed by atoms with Crippen molar-refractivity contribution in [2.45, 2.75) is 44.9 Å². The summed E-state index contributed by atoms with van der Waals surface area (Å²) in [6, 6.07) is 13.3. The second kappa shape index (κ2) is 8.36. The molecule has 1 aromatic heterocycles. The fourth-order valence-electron chi connectivity index (χ4n) is 3.80. The van der Waals surface area contributed by atoms with E-state index in [0.717, 1.165) is 29.4 Å².